The maximum Gasteiger partial charge on any atom is 0.389 e. The van der Waals surface area contributed by atoms with Gasteiger partial charge in [0.15, 0.2) is 0 Å². The highest BCUT2D eigenvalue weighted by Crippen LogP contribution is 2.26. The smallest absolute Gasteiger partial charge is 0.373 e. The monoisotopic (exact) mass is 211 g/mol. The van der Waals surface area contributed by atoms with Gasteiger partial charge in [-0.15, -0.1) is 0 Å². The van der Waals surface area contributed by atoms with E-state index in [9.17, 15) is 13.2 Å². The Morgan fingerprint density at radius 2 is 2.14 bits per heavy atom. The molecule has 1 unspecified atom stereocenters. The molecule has 1 aliphatic rings. The first-order chi connectivity index (χ1) is 6.41. The van der Waals surface area contributed by atoms with Crippen LogP contribution in [0.5, 0.6) is 0 Å². The first-order valence-electron chi connectivity index (χ1n) is 4.83. The molecule has 0 aromatic carbocycles. The van der Waals surface area contributed by atoms with E-state index in [2.05, 4.69) is 5.32 Å². The lowest BCUT2D eigenvalue weighted by Crippen LogP contribution is -2.47. The third-order valence-electron chi connectivity index (χ3n) is 2.39. The zero-order valence-corrected chi connectivity index (χ0v) is 8.28. The van der Waals surface area contributed by atoms with Gasteiger partial charge in [-0.3, -0.25) is 0 Å². The summed E-state index contributed by atoms with van der Waals surface area (Å²) in [4.78, 5) is 0. The van der Waals surface area contributed by atoms with Crippen LogP contribution in [0.1, 0.15) is 26.2 Å². The number of ether oxygens (including phenoxy) is 1. The highest BCUT2D eigenvalue weighted by molar-refractivity contribution is 4.81. The van der Waals surface area contributed by atoms with Gasteiger partial charge in [-0.05, 0) is 19.8 Å². The van der Waals surface area contributed by atoms with Gasteiger partial charge >= 0.3 is 6.18 Å². The Hall–Kier alpha value is -0.290. The van der Waals surface area contributed by atoms with Gasteiger partial charge < -0.3 is 10.1 Å². The van der Waals surface area contributed by atoms with E-state index in [1.165, 1.54) is 0 Å². The second-order valence-electron chi connectivity index (χ2n) is 3.94. The van der Waals surface area contributed by atoms with Gasteiger partial charge in [-0.2, -0.15) is 13.2 Å². The van der Waals surface area contributed by atoms with Gasteiger partial charge in [0.2, 0.25) is 0 Å². The van der Waals surface area contributed by atoms with Crippen molar-refractivity contribution in [2.45, 2.75) is 38.0 Å². The fourth-order valence-corrected chi connectivity index (χ4v) is 1.60. The van der Waals surface area contributed by atoms with E-state index < -0.39 is 18.2 Å². The summed E-state index contributed by atoms with van der Waals surface area (Å²) in [6.07, 6.45) is -4.16. The fourth-order valence-electron chi connectivity index (χ4n) is 1.60. The SMILES string of the molecule is CC1(CCCC(F)(F)F)CNCCO1. The van der Waals surface area contributed by atoms with Gasteiger partial charge in [0.25, 0.3) is 0 Å². The first kappa shape index (κ1) is 11.8. The van der Waals surface area contributed by atoms with E-state index in [1.54, 1.807) is 0 Å². The fraction of sp³-hybridized carbons (Fsp3) is 1.00. The van der Waals surface area contributed by atoms with Crippen LogP contribution < -0.4 is 5.32 Å². The summed E-state index contributed by atoms with van der Waals surface area (Å²) in [5.41, 5.74) is -0.413. The number of alkyl halides is 3. The summed E-state index contributed by atoms with van der Waals surface area (Å²) in [5.74, 6) is 0. The topological polar surface area (TPSA) is 21.3 Å². The number of hydrogen-bond donors (Lipinski definition) is 1. The standard InChI is InChI=1S/C9H16F3NO/c1-8(7-13-5-6-14-8)3-2-4-9(10,11)12/h13H,2-7H2,1H3. The van der Waals surface area contributed by atoms with E-state index in [-0.39, 0.29) is 6.42 Å². The highest BCUT2D eigenvalue weighted by Gasteiger charge is 2.31. The van der Waals surface area contributed by atoms with E-state index in [1.807, 2.05) is 6.92 Å². The lowest BCUT2D eigenvalue weighted by Gasteiger charge is -2.34. The Morgan fingerprint density at radius 3 is 2.64 bits per heavy atom. The molecule has 0 spiro atoms. The molecule has 1 fully saturated rings. The van der Waals surface area contributed by atoms with Crippen molar-refractivity contribution in [3.63, 3.8) is 0 Å². The molecule has 0 aliphatic carbocycles. The normalized spacial score (nSPS) is 29.1. The van der Waals surface area contributed by atoms with Crippen LogP contribution in [0.25, 0.3) is 0 Å². The number of halogens is 3. The molecule has 0 aromatic rings. The predicted molar refractivity (Wildman–Crippen MR) is 47.1 cm³/mol. The Labute approximate surface area is 81.8 Å². The zero-order chi connectivity index (χ0) is 10.7. The summed E-state index contributed by atoms with van der Waals surface area (Å²) >= 11 is 0. The molecule has 1 N–H and O–H groups in total. The molecular formula is C9H16F3NO. The van der Waals surface area contributed by atoms with E-state index in [0.29, 0.717) is 19.6 Å². The third-order valence-corrected chi connectivity index (χ3v) is 2.39. The van der Waals surface area contributed by atoms with Crippen molar-refractivity contribution in [3.8, 4) is 0 Å². The summed E-state index contributed by atoms with van der Waals surface area (Å²) in [5, 5.41) is 3.12. The molecule has 0 saturated carbocycles. The Bertz CT molecular complexity index is 175. The molecule has 1 heterocycles. The van der Waals surface area contributed by atoms with Crippen molar-refractivity contribution in [1.29, 1.82) is 0 Å². The Balaban J connectivity index is 2.22. The molecule has 0 aromatic heterocycles. The first-order valence-corrected chi connectivity index (χ1v) is 4.83. The molecule has 14 heavy (non-hydrogen) atoms. The molecule has 84 valence electrons. The lowest BCUT2D eigenvalue weighted by atomic mass is 9.97. The quantitative estimate of drug-likeness (QED) is 0.771. The van der Waals surface area contributed by atoms with Gasteiger partial charge in [0.05, 0.1) is 12.2 Å². The molecule has 1 aliphatic heterocycles. The summed E-state index contributed by atoms with van der Waals surface area (Å²) in [7, 11) is 0. The van der Waals surface area contributed by atoms with Gasteiger partial charge in [-0.25, -0.2) is 0 Å². The minimum absolute atomic E-state index is 0.141. The van der Waals surface area contributed by atoms with Crippen LogP contribution in [-0.2, 0) is 4.74 Å². The number of morpholine rings is 1. The third kappa shape index (κ3) is 4.28. The van der Waals surface area contributed by atoms with Gasteiger partial charge in [0, 0.05) is 19.5 Å². The highest BCUT2D eigenvalue weighted by atomic mass is 19.4. The average molecular weight is 211 g/mol. The second-order valence-corrected chi connectivity index (χ2v) is 3.94. The molecule has 1 rings (SSSR count). The van der Waals surface area contributed by atoms with Crippen LogP contribution in [0.15, 0.2) is 0 Å². The van der Waals surface area contributed by atoms with E-state index in [4.69, 9.17) is 4.74 Å². The number of hydrogen-bond acceptors (Lipinski definition) is 2. The van der Waals surface area contributed by atoms with Crippen molar-refractivity contribution in [2.24, 2.45) is 0 Å². The van der Waals surface area contributed by atoms with Crippen LogP contribution in [0, 0.1) is 0 Å². The molecule has 0 radical (unpaired) electrons. The molecule has 0 bridgehead atoms. The Kier molecular flexibility index (Phi) is 3.78. The zero-order valence-electron chi connectivity index (χ0n) is 8.28. The van der Waals surface area contributed by atoms with Crippen molar-refractivity contribution in [1.82, 2.24) is 5.32 Å². The molecule has 0 amide bonds. The van der Waals surface area contributed by atoms with Gasteiger partial charge in [0.1, 0.15) is 0 Å². The Morgan fingerprint density at radius 1 is 1.43 bits per heavy atom. The molecule has 5 heteroatoms. The maximum absolute atomic E-state index is 11.9. The van der Waals surface area contributed by atoms with Crippen molar-refractivity contribution >= 4 is 0 Å². The number of nitrogens with one attached hydrogen (secondary N) is 1. The van der Waals surface area contributed by atoms with E-state index in [0.717, 1.165) is 6.54 Å². The minimum atomic E-state index is -4.04. The van der Waals surface area contributed by atoms with Crippen LogP contribution in [0.2, 0.25) is 0 Å². The van der Waals surface area contributed by atoms with Crippen molar-refractivity contribution in [3.05, 3.63) is 0 Å². The summed E-state index contributed by atoms with van der Waals surface area (Å²) < 4.78 is 41.1. The molecular weight excluding hydrogens is 195 g/mol. The largest absolute Gasteiger partial charge is 0.389 e. The van der Waals surface area contributed by atoms with E-state index >= 15 is 0 Å². The van der Waals surface area contributed by atoms with Crippen LogP contribution in [-0.4, -0.2) is 31.5 Å². The summed E-state index contributed by atoms with van der Waals surface area (Å²) in [6, 6.07) is 0. The molecule has 2 nitrogen and oxygen atoms in total. The van der Waals surface area contributed by atoms with Crippen LogP contribution in [0.3, 0.4) is 0 Å². The molecule has 1 atom stereocenters. The van der Waals surface area contributed by atoms with Gasteiger partial charge in [-0.1, -0.05) is 0 Å². The second kappa shape index (κ2) is 4.49. The van der Waals surface area contributed by atoms with Crippen molar-refractivity contribution in [2.75, 3.05) is 19.7 Å². The summed E-state index contributed by atoms with van der Waals surface area (Å²) in [6.45, 7) is 3.87. The van der Waals surface area contributed by atoms with Crippen LogP contribution in [0.4, 0.5) is 13.2 Å². The minimum Gasteiger partial charge on any atom is -0.373 e. The lowest BCUT2D eigenvalue weighted by molar-refractivity contribution is -0.139. The average Bonchev–Trinajstić information content (AvgIpc) is 2.02. The van der Waals surface area contributed by atoms with Crippen LogP contribution >= 0.6 is 0 Å². The predicted octanol–water partition coefficient (Wildman–Crippen LogP) is 2.10. The van der Waals surface area contributed by atoms with Crippen molar-refractivity contribution < 1.29 is 17.9 Å². The number of rotatable bonds is 3. The maximum atomic E-state index is 11.9. The molecule has 1 saturated heterocycles.